The molecule has 8 heteroatoms. The number of aromatic nitrogens is 4. The summed E-state index contributed by atoms with van der Waals surface area (Å²) >= 11 is 6.15. The van der Waals surface area contributed by atoms with Crippen LogP contribution in [0.15, 0.2) is 59.4 Å². The van der Waals surface area contributed by atoms with Crippen LogP contribution in [0.1, 0.15) is 29.9 Å². The van der Waals surface area contributed by atoms with E-state index in [2.05, 4.69) is 15.5 Å². The average molecular weight is 436 g/mol. The largest absolute Gasteiger partial charge is 0.350 e. The Labute approximate surface area is 184 Å². The zero-order chi connectivity index (χ0) is 22.1. The molecule has 2 heterocycles. The van der Waals surface area contributed by atoms with Gasteiger partial charge in [0.2, 0.25) is 5.91 Å². The first-order valence-electron chi connectivity index (χ1n) is 9.93. The molecule has 1 N–H and O–H groups in total. The van der Waals surface area contributed by atoms with Gasteiger partial charge in [0.15, 0.2) is 5.52 Å². The molecule has 2 aromatic carbocycles. The molecule has 0 aliphatic rings. The summed E-state index contributed by atoms with van der Waals surface area (Å²) < 4.78 is 2.93. The first-order valence-corrected chi connectivity index (χ1v) is 10.3. The van der Waals surface area contributed by atoms with Crippen LogP contribution in [0.4, 0.5) is 0 Å². The normalized spacial score (nSPS) is 12.1. The minimum absolute atomic E-state index is 0.264. The Morgan fingerprint density at radius 2 is 1.74 bits per heavy atom. The number of nitrogens with zero attached hydrogens (tertiary/aromatic N) is 4. The van der Waals surface area contributed by atoms with Gasteiger partial charge in [-0.15, -0.1) is 0 Å². The van der Waals surface area contributed by atoms with Gasteiger partial charge in [0.1, 0.15) is 6.04 Å². The van der Waals surface area contributed by atoms with Crippen LogP contribution >= 0.6 is 11.6 Å². The van der Waals surface area contributed by atoms with Crippen molar-refractivity contribution in [3.63, 3.8) is 0 Å². The topological polar surface area (TPSA) is 81.8 Å². The minimum atomic E-state index is -0.805. The summed E-state index contributed by atoms with van der Waals surface area (Å²) in [5.41, 5.74) is 3.01. The Kier molecular flexibility index (Phi) is 5.61. The fourth-order valence-corrected chi connectivity index (χ4v) is 3.82. The minimum Gasteiger partial charge on any atom is -0.350 e. The predicted molar refractivity (Wildman–Crippen MR) is 121 cm³/mol. The lowest BCUT2D eigenvalue weighted by Crippen LogP contribution is -2.37. The molecule has 31 heavy (non-hydrogen) atoms. The molecule has 1 amide bonds. The molecule has 0 saturated heterocycles. The van der Waals surface area contributed by atoms with Crippen molar-refractivity contribution in [2.24, 2.45) is 0 Å². The molecule has 7 nitrogen and oxygen atoms in total. The quantitative estimate of drug-likeness (QED) is 0.518. The SMILES string of the molecule is Cc1nn([C@@H](C)C(=O)NCc2ccccc2Cl)c(=O)c2nn(-c3ccccc3)c(C)c12. The second kappa shape index (κ2) is 8.35. The molecule has 0 aliphatic carbocycles. The van der Waals surface area contributed by atoms with Crippen molar-refractivity contribution in [3.8, 4) is 5.69 Å². The van der Waals surface area contributed by atoms with Gasteiger partial charge in [0.25, 0.3) is 5.56 Å². The van der Waals surface area contributed by atoms with E-state index in [1.165, 1.54) is 4.68 Å². The summed E-state index contributed by atoms with van der Waals surface area (Å²) in [6.45, 7) is 5.63. The molecule has 0 fully saturated rings. The van der Waals surface area contributed by atoms with E-state index < -0.39 is 11.6 Å². The van der Waals surface area contributed by atoms with E-state index in [4.69, 9.17) is 11.6 Å². The van der Waals surface area contributed by atoms with E-state index in [0.717, 1.165) is 16.9 Å². The molecule has 0 saturated carbocycles. The van der Waals surface area contributed by atoms with Crippen LogP contribution in [0.25, 0.3) is 16.6 Å². The number of fused-ring (bicyclic) bond motifs is 1. The summed E-state index contributed by atoms with van der Waals surface area (Å²) in [7, 11) is 0. The Morgan fingerprint density at radius 1 is 1.06 bits per heavy atom. The first kappa shape index (κ1) is 20.8. The van der Waals surface area contributed by atoms with Crippen molar-refractivity contribution in [3.05, 3.63) is 86.9 Å². The third kappa shape index (κ3) is 3.84. The number of hydrogen-bond donors (Lipinski definition) is 1. The zero-order valence-electron chi connectivity index (χ0n) is 17.5. The molecular formula is C23H22ClN5O2. The van der Waals surface area contributed by atoms with Crippen molar-refractivity contribution in [1.82, 2.24) is 24.9 Å². The van der Waals surface area contributed by atoms with Crippen molar-refractivity contribution in [2.45, 2.75) is 33.4 Å². The third-order valence-corrected chi connectivity index (χ3v) is 5.67. The van der Waals surface area contributed by atoms with E-state index in [-0.39, 0.29) is 12.5 Å². The van der Waals surface area contributed by atoms with Crippen molar-refractivity contribution >= 4 is 28.4 Å². The predicted octanol–water partition coefficient (Wildman–Crippen LogP) is 3.73. The molecule has 1 atom stereocenters. The van der Waals surface area contributed by atoms with Gasteiger partial charge < -0.3 is 5.32 Å². The number of rotatable bonds is 5. The van der Waals surface area contributed by atoms with Gasteiger partial charge in [0.05, 0.1) is 22.5 Å². The first-order chi connectivity index (χ1) is 14.9. The zero-order valence-corrected chi connectivity index (χ0v) is 18.2. The summed E-state index contributed by atoms with van der Waals surface area (Å²) in [5.74, 6) is -0.326. The second-order valence-electron chi connectivity index (χ2n) is 7.38. The Morgan fingerprint density at radius 3 is 2.45 bits per heavy atom. The van der Waals surface area contributed by atoms with Gasteiger partial charge in [0, 0.05) is 11.6 Å². The van der Waals surface area contributed by atoms with E-state index in [9.17, 15) is 9.59 Å². The van der Waals surface area contributed by atoms with E-state index in [1.54, 1.807) is 17.7 Å². The van der Waals surface area contributed by atoms with Crippen molar-refractivity contribution in [1.29, 1.82) is 0 Å². The van der Waals surface area contributed by atoms with Crippen LogP contribution in [0.3, 0.4) is 0 Å². The van der Waals surface area contributed by atoms with Gasteiger partial charge in [-0.25, -0.2) is 9.36 Å². The van der Waals surface area contributed by atoms with Crippen molar-refractivity contribution in [2.75, 3.05) is 0 Å². The fraction of sp³-hybridized carbons (Fsp3) is 0.217. The van der Waals surface area contributed by atoms with Crippen LogP contribution in [0, 0.1) is 13.8 Å². The van der Waals surface area contributed by atoms with Crippen LogP contribution in [-0.4, -0.2) is 25.5 Å². The highest BCUT2D eigenvalue weighted by molar-refractivity contribution is 6.31. The lowest BCUT2D eigenvalue weighted by molar-refractivity contribution is -0.124. The highest BCUT2D eigenvalue weighted by Gasteiger charge is 2.23. The van der Waals surface area contributed by atoms with Gasteiger partial charge >= 0.3 is 0 Å². The Bertz CT molecular complexity index is 1330. The number of aryl methyl sites for hydroxylation is 2. The number of halogens is 1. The maximum absolute atomic E-state index is 13.2. The fourth-order valence-electron chi connectivity index (χ4n) is 3.62. The number of hydrogen-bond acceptors (Lipinski definition) is 4. The Hall–Kier alpha value is -3.45. The summed E-state index contributed by atoms with van der Waals surface area (Å²) in [4.78, 5) is 25.9. The molecule has 4 aromatic rings. The maximum atomic E-state index is 13.2. The molecule has 0 spiro atoms. The lowest BCUT2D eigenvalue weighted by atomic mass is 10.2. The molecule has 0 bridgehead atoms. The highest BCUT2D eigenvalue weighted by atomic mass is 35.5. The Balaban J connectivity index is 1.68. The van der Waals surface area contributed by atoms with Crippen LogP contribution < -0.4 is 10.9 Å². The third-order valence-electron chi connectivity index (χ3n) is 5.30. The molecular weight excluding hydrogens is 414 g/mol. The van der Waals surface area contributed by atoms with Gasteiger partial charge in [-0.2, -0.15) is 10.2 Å². The second-order valence-corrected chi connectivity index (χ2v) is 7.78. The molecule has 0 radical (unpaired) electrons. The highest BCUT2D eigenvalue weighted by Crippen LogP contribution is 2.21. The molecule has 4 rings (SSSR count). The summed E-state index contributed by atoms with van der Waals surface area (Å²) in [5, 5.41) is 13.1. The van der Waals surface area contributed by atoms with Gasteiger partial charge in [-0.1, -0.05) is 48.0 Å². The molecule has 158 valence electrons. The van der Waals surface area contributed by atoms with E-state index in [1.807, 2.05) is 62.4 Å². The summed E-state index contributed by atoms with van der Waals surface area (Å²) in [6, 6.07) is 16.1. The maximum Gasteiger partial charge on any atom is 0.295 e. The monoisotopic (exact) mass is 435 g/mol. The van der Waals surface area contributed by atoms with Gasteiger partial charge in [-0.05, 0) is 44.5 Å². The molecule has 2 aromatic heterocycles. The average Bonchev–Trinajstić information content (AvgIpc) is 3.13. The number of para-hydroxylation sites is 1. The number of carbonyl (C=O) groups excluding carboxylic acids is 1. The molecule has 0 aliphatic heterocycles. The van der Waals surface area contributed by atoms with E-state index in [0.29, 0.717) is 21.6 Å². The lowest BCUT2D eigenvalue weighted by Gasteiger charge is -2.15. The van der Waals surface area contributed by atoms with Crippen LogP contribution in [0.5, 0.6) is 0 Å². The number of carbonyl (C=O) groups is 1. The number of nitrogens with one attached hydrogen (secondary N) is 1. The standard InChI is InChI=1S/C23H22ClN5O2/c1-14-20-15(2)28(18-10-5-4-6-11-18)27-21(20)23(31)29(26-14)16(3)22(30)25-13-17-9-7-8-12-19(17)24/h4-12,16H,13H2,1-3H3,(H,25,30)/t16-/m0/s1. The van der Waals surface area contributed by atoms with Crippen molar-refractivity contribution < 1.29 is 4.79 Å². The van der Waals surface area contributed by atoms with Crippen LogP contribution in [-0.2, 0) is 11.3 Å². The van der Waals surface area contributed by atoms with E-state index >= 15 is 0 Å². The number of amides is 1. The van der Waals surface area contributed by atoms with Crippen LogP contribution in [0.2, 0.25) is 5.02 Å². The summed E-state index contributed by atoms with van der Waals surface area (Å²) in [6.07, 6.45) is 0. The molecule has 0 unspecified atom stereocenters. The van der Waals surface area contributed by atoms with Gasteiger partial charge in [-0.3, -0.25) is 9.59 Å². The smallest absolute Gasteiger partial charge is 0.295 e. The number of benzene rings is 2.